The van der Waals surface area contributed by atoms with Crippen LogP contribution in [0.2, 0.25) is 0 Å². The van der Waals surface area contributed by atoms with Gasteiger partial charge in [0, 0.05) is 11.1 Å². The second-order valence-corrected chi connectivity index (χ2v) is 5.39. The maximum Gasteiger partial charge on any atom is 0.457 e. The van der Waals surface area contributed by atoms with Crippen LogP contribution in [0, 0.1) is 0 Å². The lowest BCUT2D eigenvalue weighted by molar-refractivity contribution is -0.265. The maximum atomic E-state index is 13.8. The first-order chi connectivity index (χ1) is 10.6. The molecule has 0 bridgehead atoms. The standard InChI is InChI=1S/C16H25F5O2/c1-4-6-7-8-9-10-11-13(12(5-2)14(22)23-3)15(17,18)16(19,20)21/h4-11H2,1-3H3. The van der Waals surface area contributed by atoms with Crippen molar-refractivity contribution >= 4 is 5.97 Å². The highest BCUT2D eigenvalue weighted by Gasteiger charge is 2.60. The van der Waals surface area contributed by atoms with E-state index in [0.29, 0.717) is 6.42 Å². The topological polar surface area (TPSA) is 26.3 Å². The van der Waals surface area contributed by atoms with E-state index in [1.54, 1.807) is 0 Å². The Hall–Kier alpha value is -1.14. The summed E-state index contributed by atoms with van der Waals surface area (Å²) in [6, 6.07) is 0. The second kappa shape index (κ2) is 9.88. The smallest absolute Gasteiger partial charge is 0.457 e. The van der Waals surface area contributed by atoms with Crippen LogP contribution in [0.25, 0.3) is 0 Å². The molecule has 7 heteroatoms. The van der Waals surface area contributed by atoms with Crippen molar-refractivity contribution < 1.29 is 31.5 Å². The summed E-state index contributed by atoms with van der Waals surface area (Å²) < 4.78 is 70.0. The molecule has 2 nitrogen and oxygen atoms in total. The molecule has 0 saturated carbocycles. The number of carbonyl (C=O) groups is 1. The minimum Gasteiger partial charge on any atom is -0.466 e. The fraction of sp³-hybridized carbons (Fsp3) is 0.812. The fourth-order valence-electron chi connectivity index (χ4n) is 2.35. The van der Waals surface area contributed by atoms with Crippen LogP contribution in [-0.2, 0) is 9.53 Å². The SMILES string of the molecule is CCCCCCCCC(=C(CC)C(=O)OC)C(F)(F)C(F)(F)F. The largest absolute Gasteiger partial charge is 0.466 e. The molecule has 0 spiro atoms. The van der Waals surface area contributed by atoms with Crippen LogP contribution in [0.4, 0.5) is 22.0 Å². The van der Waals surface area contributed by atoms with E-state index in [1.165, 1.54) is 6.92 Å². The first-order valence-corrected chi connectivity index (χ1v) is 7.88. The van der Waals surface area contributed by atoms with Crippen LogP contribution >= 0.6 is 0 Å². The first-order valence-electron chi connectivity index (χ1n) is 7.88. The molecular formula is C16H25F5O2. The number of unbranched alkanes of at least 4 members (excludes halogenated alkanes) is 5. The van der Waals surface area contributed by atoms with Gasteiger partial charge in [0.05, 0.1) is 7.11 Å². The Morgan fingerprint density at radius 2 is 1.43 bits per heavy atom. The molecule has 0 atom stereocenters. The van der Waals surface area contributed by atoms with Crippen molar-refractivity contribution in [3.05, 3.63) is 11.1 Å². The number of esters is 1. The normalized spacial score (nSPS) is 13.7. The fourth-order valence-corrected chi connectivity index (χ4v) is 2.35. The quantitative estimate of drug-likeness (QED) is 0.216. The van der Waals surface area contributed by atoms with Crippen LogP contribution in [0.15, 0.2) is 11.1 Å². The van der Waals surface area contributed by atoms with Crippen molar-refractivity contribution in [2.45, 2.75) is 77.3 Å². The molecule has 0 aromatic carbocycles. The molecular weight excluding hydrogens is 319 g/mol. The Bertz CT molecular complexity index is 400. The number of rotatable bonds is 10. The summed E-state index contributed by atoms with van der Waals surface area (Å²) in [6.45, 7) is 3.38. The Kier molecular flexibility index (Phi) is 9.39. The van der Waals surface area contributed by atoms with Crippen LogP contribution in [0.1, 0.15) is 65.2 Å². The van der Waals surface area contributed by atoms with E-state index < -0.39 is 35.6 Å². The number of hydrogen-bond acceptors (Lipinski definition) is 2. The summed E-state index contributed by atoms with van der Waals surface area (Å²) in [5.74, 6) is -6.15. The van der Waals surface area contributed by atoms with E-state index in [4.69, 9.17) is 0 Å². The Morgan fingerprint density at radius 3 is 1.87 bits per heavy atom. The van der Waals surface area contributed by atoms with Gasteiger partial charge in [-0.25, -0.2) is 4.79 Å². The van der Waals surface area contributed by atoms with Crippen molar-refractivity contribution in [1.82, 2.24) is 0 Å². The van der Waals surface area contributed by atoms with Gasteiger partial charge in [-0.05, 0) is 19.3 Å². The summed E-state index contributed by atoms with van der Waals surface area (Å²) >= 11 is 0. The van der Waals surface area contributed by atoms with Gasteiger partial charge in [-0.3, -0.25) is 0 Å². The summed E-state index contributed by atoms with van der Waals surface area (Å²) in [4.78, 5) is 11.6. The van der Waals surface area contributed by atoms with E-state index in [2.05, 4.69) is 4.74 Å². The van der Waals surface area contributed by atoms with Gasteiger partial charge in [-0.1, -0.05) is 46.0 Å². The number of hydrogen-bond donors (Lipinski definition) is 0. The van der Waals surface area contributed by atoms with Crippen molar-refractivity contribution in [2.24, 2.45) is 0 Å². The molecule has 136 valence electrons. The van der Waals surface area contributed by atoms with Crippen LogP contribution in [-0.4, -0.2) is 25.2 Å². The minimum absolute atomic E-state index is 0.186. The molecule has 0 amide bonds. The van der Waals surface area contributed by atoms with Gasteiger partial charge in [0.25, 0.3) is 0 Å². The third kappa shape index (κ3) is 6.47. The lowest BCUT2D eigenvalue weighted by atomic mass is 9.93. The molecule has 0 aliphatic carbocycles. The van der Waals surface area contributed by atoms with E-state index in [-0.39, 0.29) is 12.8 Å². The average molecular weight is 344 g/mol. The molecule has 0 aromatic rings. The monoisotopic (exact) mass is 344 g/mol. The molecule has 0 heterocycles. The highest BCUT2D eigenvalue weighted by molar-refractivity contribution is 5.89. The van der Waals surface area contributed by atoms with Gasteiger partial charge in [0.2, 0.25) is 0 Å². The number of methoxy groups -OCH3 is 1. The zero-order valence-corrected chi connectivity index (χ0v) is 13.9. The predicted molar refractivity (Wildman–Crippen MR) is 78.3 cm³/mol. The average Bonchev–Trinajstić information content (AvgIpc) is 2.47. The van der Waals surface area contributed by atoms with Gasteiger partial charge in [-0.15, -0.1) is 0 Å². The summed E-state index contributed by atoms with van der Waals surface area (Å²) in [5, 5.41) is 0. The second-order valence-electron chi connectivity index (χ2n) is 5.39. The van der Waals surface area contributed by atoms with E-state index in [1.807, 2.05) is 6.92 Å². The van der Waals surface area contributed by atoms with Gasteiger partial charge < -0.3 is 4.74 Å². The van der Waals surface area contributed by atoms with Gasteiger partial charge in [0.15, 0.2) is 0 Å². The number of ether oxygens (including phenoxy) is 1. The molecule has 0 radical (unpaired) electrons. The van der Waals surface area contributed by atoms with Crippen molar-refractivity contribution in [2.75, 3.05) is 7.11 Å². The number of carbonyl (C=O) groups excluding carboxylic acids is 1. The molecule has 0 fully saturated rings. The van der Waals surface area contributed by atoms with Crippen molar-refractivity contribution in [3.8, 4) is 0 Å². The Balaban J connectivity index is 5.25. The van der Waals surface area contributed by atoms with Gasteiger partial charge in [0.1, 0.15) is 0 Å². The molecule has 0 aromatic heterocycles. The maximum absolute atomic E-state index is 13.8. The van der Waals surface area contributed by atoms with Gasteiger partial charge >= 0.3 is 18.1 Å². The van der Waals surface area contributed by atoms with Gasteiger partial charge in [-0.2, -0.15) is 22.0 Å². The molecule has 0 rings (SSSR count). The minimum atomic E-state index is -5.72. The van der Waals surface area contributed by atoms with E-state index in [9.17, 15) is 26.7 Å². The zero-order chi connectivity index (χ0) is 18.1. The van der Waals surface area contributed by atoms with Crippen LogP contribution < -0.4 is 0 Å². The van der Waals surface area contributed by atoms with Crippen LogP contribution in [0.3, 0.4) is 0 Å². The Morgan fingerprint density at radius 1 is 0.913 bits per heavy atom. The first kappa shape index (κ1) is 21.9. The number of halogens is 5. The van der Waals surface area contributed by atoms with Crippen molar-refractivity contribution in [1.29, 1.82) is 0 Å². The summed E-state index contributed by atoms with van der Waals surface area (Å²) in [6.07, 6.45) is -1.97. The van der Waals surface area contributed by atoms with E-state index >= 15 is 0 Å². The van der Waals surface area contributed by atoms with Crippen LogP contribution in [0.5, 0.6) is 0 Å². The molecule has 23 heavy (non-hydrogen) atoms. The third-order valence-electron chi connectivity index (χ3n) is 3.66. The third-order valence-corrected chi connectivity index (χ3v) is 3.66. The molecule has 0 unspecified atom stereocenters. The molecule has 0 aliphatic heterocycles. The number of allylic oxidation sites excluding steroid dienone is 1. The Labute approximate surface area is 134 Å². The predicted octanol–water partition coefficient (Wildman–Crippen LogP) is 5.81. The number of alkyl halides is 5. The summed E-state index contributed by atoms with van der Waals surface area (Å²) in [7, 11) is 0.964. The highest BCUT2D eigenvalue weighted by atomic mass is 19.4. The lowest BCUT2D eigenvalue weighted by Gasteiger charge is -2.25. The highest BCUT2D eigenvalue weighted by Crippen LogP contribution is 2.44. The van der Waals surface area contributed by atoms with E-state index in [0.717, 1.165) is 32.8 Å². The van der Waals surface area contributed by atoms with Crippen molar-refractivity contribution in [3.63, 3.8) is 0 Å². The molecule has 0 N–H and O–H groups in total. The zero-order valence-electron chi connectivity index (χ0n) is 13.9. The molecule has 0 saturated heterocycles. The lowest BCUT2D eigenvalue weighted by Crippen LogP contribution is -2.39. The summed E-state index contributed by atoms with van der Waals surface area (Å²) in [5.41, 5.74) is -1.74. The molecule has 0 aliphatic rings.